The molecule has 0 spiro atoms. The molecule has 0 aliphatic rings. The van der Waals surface area contributed by atoms with Gasteiger partial charge in [0.25, 0.3) is 0 Å². The highest BCUT2D eigenvalue weighted by molar-refractivity contribution is 5.90. The van der Waals surface area contributed by atoms with E-state index in [2.05, 4.69) is 15.4 Å². The van der Waals surface area contributed by atoms with Gasteiger partial charge in [-0.25, -0.2) is 9.18 Å². The summed E-state index contributed by atoms with van der Waals surface area (Å²) in [6, 6.07) is 4.02. The number of methoxy groups -OCH3 is 1. The topological polar surface area (TPSA) is 84.5 Å². The number of hydrogen-bond acceptors (Lipinski definition) is 4. The lowest BCUT2D eigenvalue weighted by Gasteiger charge is -2.24. The van der Waals surface area contributed by atoms with Crippen LogP contribution in [0.15, 0.2) is 24.3 Å². The molecule has 0 aliphatic heterocycles. The first kappa shape index (κ1) is 19.6. The quantitative estimate of drug-likeness (QED) is 0.732. The van der Waals surface area contributed by atoms with E-state index in [1.807, 2.05) is 0 Å². The summed E-state index contributed by atoms with van der Waals surface area (Å²) in [7, 11) is 1.24. The molecule has 0 heterocycles. The van der Waals surface area contributed by atoms with Crippen LogP contribution in [-0.4, -0.2) is 37.0 Å². The molecular formula is C17H23FN2O4. The molecule has 0 fully saturated rings. The number of halogens is 1. The second-order valence-electron chi connectivity index (χ2n) is 5.84. The van der Waals surface area contributed by atoms with E-state index in [-0.39, 0.29) is 12.3 Å². The van der Waals surface area contributed by atoms with Crippen LogP contribution in [0.1, 0.15) is 26.3 Å². The first-order valence-corrected chi connectivity index (χ1v) is 7.64. The van der Waals surface area contributed by atoms with E-state index in [0.29, 0.717) is 5.56 Å². The highest BCUT2D eigenvalue weighted by atomic mass is 19.1. The largest absolute Gasteiger partial charge is 0.467 e. The van der Waals surface area contributed by atoms with Gasteiger partial charge in [0.2, 0.25) is 11.8 Å². The van der Waals surface area contributed by atoms with Gasteiger partial charge < -0.3 is 15.4 Å². The maximum absolute atomic E-state index is 13.3. The Labute approximate surface area is 140 Å². The molecule has 2 amide bonds. The van der Waals surface area contributed by atoms with E-state index in [1.54, 1.807) is 19.9 Å². The Hall–Kier alpha value is -2.44. The summed E-state index contributed by atoms with van der Waals surface area (Å²) in [6.45, 7) is 4.82. The summed E-state index contributed by atoms with van der Waals surface area (Å²) in [5, 5.41) is 5.11. The molecular weight excluding hydrogens is 315 g/mol. The van der Waals surface area contributed by atoms with Crippen LogP contribution >= 0.6 is 0 Å². The van der Waals surface area contributed by atoms with Crippen molar-refractivity contribution < 1.29 is 23.5 Å². The molecule has 7 heteroatoms. The van der Waals surface area contributed by atoms with E-state index >= 15 is 0 Å². The molecule has 0 radical (unpaired) electrons. The van der Waals surface area contributed by atoms with Crippen molar-refractivity contribution in [3.8, 4) is 0 Å². The van der Waals surface area contributed by atoms with Gasteiger partial charge in [0, 0.05) is 13.3 Å². The van der Waals surface area contributed by atoms with Crippen molar-refractivity contribution in [3.05, 3.63) is 35.6 Å². The van der Waals surface area contributed by atoms with Crippen LogP contribution in [-0.2, 0) is 25.5 Å². The first-order chi connectivity index (χ1) is 11.2. The van der Waals surface area contributed by atoms with E-state index in [4.69, 9.17) is 0 Å². The zero-order valence-corrected chi connectivity index (χ0v) is 14.3. The Bertz CT molecular complexity index is 604. The van der Waals surface area contributed by atoms with Crippen LogP contribution < -0.4 is 10.6 Å². The van der Waals surface area contributed by atoms with Crippen molar-refractivity contribution in [1.82, 2.24) is 10.6 Å². The fourth-order valence-corrected chi connectivity index (χ4v) is 2.23. The summed E-state index contributed by atoms with van der Waals surface area (Å²) in [5.41, 5.74) is 0.558. The number of carbonyl (C=O) groups is 3. The second kappa shape index (κ2) is 9.00. The molecule has 0 aliphatic carbocycles. The van der Waals surface area contributed by atoms with Gasteiger partial charge in [0.15, 0.2) is 0 Å². The highest BCUT2D eigenvalue weighted by Gasteiger charge is 2.29. The molecule has 24 heavy (non-hydrogen) atoms. The molecule has 1 rings (SSSR count). The van der Waals surface area contributed by atoms with Crippen LogP contribution in [0.3, 0.4) is 0 Å². The predicted molar refractivity (Wildman–Crippen MR) is 86.5 cm³/mol. The number of rotatable bonds is 7. The number of benzene rings is 1. The zero-order chi connectivity index (χ0) is 18.3. The number of amides is 2. The molecule has 0 unspecified atom stereocenters. The van der Waals surface area contributed by atoms with Gasteiger partial charge in [-0.2, -0.15) is 0 Å². The van der Waals surface area contributed by atoms with Crippen molar-refractivity contribution >= 4 is 17.8 Å². The maximum atomic E-state index is 13.3. The minimum absolute atomic E-state index is 0.106. The Morgan fingerprint density at radius 2 is 1.88 bits per heavy atom. The van der Waals surface area contributed by atoms with Crippen molar-refractivity contribution in [2.45, 2.75) is 39.3 Å². The third-order valence-electron chi connectivity index (χ3n) is 3.44. The van der Waals surface area contributed by atoms with Crippen molar-refractivity contribution in [3.63, 3.8) is 0 Å². The van der Waals surface area contributed by atoms with Crippen LogP contribution in [0.5, 0.6) is 0 Å². The average Bonchev–Trinajstić information content (AvgIpc) is 2.50. The zero-order valence-electron chi connectivity index (χ0n) is 14.3. The Kier molecular flexibility index (Phi) is 7.35. The lowest BCUT2D eigenvalue weighted by atomic mass is 10.0. The molecule has 0 saturated heterocycles. The second-order valence-corrected chi connectivity index (χ2v) is 5.84. The number of hydrogen-bond donors (Lipinski definition) is 2. The maximum Gasteiger partial charge on any atom is 0.328 e. The smallest absolute Gasteiger partial charge is 0.328 e. The van der Waals surface area contributed by atoms with Crippen molar-refractivity contribution in [2.75, 3.05) is 7.11 Å². The Morgan fingerprint density at radius 1 is 1.21 bits per heavy atom. The van der Waals surface area contributed by atoms with Crippen molar-refractivity contribution in [1.29, 1.82) is 0 Å². The van der Waals surface area contributed by atoms with E-state index in [9.17, 15) is 18.8 Å². The molecule has 132 valence electrons. The molecule has 1 aromatic carbocycles. The van der Waals surface area contributed by atoms with Gasteiger partial charge in [-0.3, -0.25) is 9.59 Å². The normalized spacial score (nSPS) is 13.1. The molecule has 0 aromatic heterocycles. The van der Waals surface area contributed by atoms with Gasteiger partial charge in [0.05, 0.1) is 7.11 Å². The Morgan fingerprint density at radius 3 is 2.38 bits per heavy atom. The predicted octanol–water partition coefficient (Wildman–Crippen LogP) is 1.19. The molecule has 6 nitrogen and oxygen atoms in total. The SMILES string of the molecule is COC(=O)[C@@H](NC(=O)[C@H](Cc1cccc(F)c1)NC(C)=O)C(C)C. The van der Waals surface area contributed by atoms with E-state index in [0.717, 1.165) is 0 Å². The van der Waals surface area contributed by atoms with Gasteiger partial charge in [0.1, 0.15) is 17.9 Å². The third-order valence-corrected chi connectivity index (χ3v) is 3.44. The number of esters is 1. The number of carbonyl (C=O) groups excluding carboxylic acids is 3. The van der Waals surface area contributed by atoms with Crippen LogP contribution in [0, 0.1) is 11.7 Å². The lowest BCUT2D eigenvalue weighted by molar-refractivity contribution is -0.146. The standard InChI is InChI=1S/C17H23FN2O4/c1-10(2)15(17(23)24-4)20-16(22)14(19-11(3)21)9-12-6-5-7-13(18)8-12/h5-8,10,14-15H,9H2,1-4H3,(H,19,21)(H,20,22)/t14-,15-/m0/s1. The number of nitrogens with one attached hydrogen (secondary N) is 2. The summed E-state index contributed by atoms with van der Waals surface area (Å²) in [5.74, 6) is -2.10. The monoisotopic (exact) mass is 338 g/mol. The minimum Gasteiger partial charge on any atom is -0.467 e. The molecule has 0 bridgehead atoms. The summed E-state index contributed by atoms with van der Waals surface area (Å²) in [4.78, 5) is 35.6. The first-order valence-electron chi connectivity index (χ1n) is 7.64. The molecule has 1 aromatic rings. The van der Waals surface area contributed by atoms with Gasteiger partial charge in [-0.05, 0) is 23.6 Å². The van der Waals surface area contributed by atoms with Gasteiger partial charge in [-0.15, -0.1) is 0 Å². The fourth-order valence-electron chi connectivity index (χ4n) is 2.23. The molecule has 2 N–H and O–H groups in total. The third kappa shape index (κ3) is 5.98. The lowest BCUT2D eigenvalue weighted by Crippen LogP contribution is -2.53. The minimum atomic E-state index is -0.921. The highest BCUT2D eigenvalue weighted by Crippen LogP contribution is 2.09. The van der Waals surface area contributed by atoms with E-state index in [1.165, 1.54) is 32.2 Å². The molecule has 2 atom stereocenters. The van der Waals surface area contributed by atoms with Crippen molar-refractivity contribution in [2.24, 2.45) is 5.92 Å². The van der Waals surface area contributed by atoms with E-state index < -0.39 is 35.7 Å². The average molecular weight is 338 g/mol. The fraction of sp³-hybridized carbons (Fsp3) is 0.471. The summed E-state index contributed by atoms with van der Waals surface area (Å²) in [6.07, 6.45) is 0.106. The van der Waals surface area contributed by atoms with Gasteiger partial charge in [-0.1, -0.05) is 26.0 Å². The van der Waals surface area contributed by atoms with Gasteiger partial charge >= 0.3 is 5.97 Å². The number of ether oxygens (including phenoxy) is 1. The summed E-state index contributed by atoms with van der Waals surface area (Å²) >= 11 is 0. The Balaban J connectivity index is 2.91. The summed E-state index contributed by atoms with van der Waals surface area (Å²) < 4.78 is 18.0. The van der Waals surface area contributed by atoms with Crippen LogP contribution in [0.25, 0.3) is 0 Å². The van der Waals surface area contributed by atoms with Crippen LogP contribution in [0.2, 0.25) is 0 Å². The van der Waals surface area contributed by atoms with Crippen LogP contribution in [0.4, 0.5) is 4.39 Å². The molecule has 0 saturated carbocycles.